The van der Waals surface area contributed by atoms with Gasteiger partial charge >= 0.3 is 17.9 Å². The van der Waals surface area contributed by atoms with Gasteiger partial charge in [-0.25, -0.2) is 0 Å². The Hall–Kier alpha value is -3.41. The molecule has 0 heterocycles. The second-order valence-electron chi connectivity index (χ2n) is 15.4. The normalized spacial score (nSPS) is 12.8. The van der Waals surface area contributed by atoms with Crippen LogP contribution in [0.3, 0.4) is 0 Å². The maximum absolute atomic E-state index is 12.7. The Bertz CT molecular complexity index is 1160. The molecule has 0 N–H and O–H groups in total. The largest absolute Gasteiger partial charge is 0.462 e. The van der Waals surface area contributed by atoms with Crippen LogP contribution in [0.15, 0.2) is 85.1 Å². The number of unbranched alkanes of at least 4 members (excludes halogenated alkanes) is 20. The van der Waals surface area contributed by atoms with E-state index in [1.807, 2.05) is 36.5 Å². The van der Waals surface area contributed by atoms with Gasteiger partial charge in [0, 0.05) is 19.3 Å². The molecule has 0 saturated heterocycles. The van der Waals surface area contributed by atoms with Crippen LogP contribution in [-0.2, 0) is 28.6 Å². The summed E-state index contributed by atoms with van der Waals surface area (Å²) in [5, 5.41) is 0. The monoisotopic (exact) mass is 807 g/mol. The molecule has 0 radical (unpaired) electrons. The van der Waals surface area contributed by atoms with Gasteiger partial charge in [-0.3, -0.25) is 14.4 Å². The zero-order chi connectivity index (χ0) is 42.3. The van der Waals surface area contributed by atoms with E-state index < -0.39 is 6.10 Å². The van der Waals surface area contributed by atoms with E-state index >= 15 is 0 Å². The maximum atomic E-state index is 12.7. The van der Waals surface area contributed by atoms with Gasteiger partial charge in [-0.05, 0) is 83.5 Å². The highest BCUT2D eigenvalue weighted by Crippen LogP contribution is 2.13. The molecule has 6 heteroatoms. The number of carbonyl (C=O) groups excluding carboxylic acids is 3. The summed E-state index contributed by atoms with van der Waals surface area (Å²) in [6.07, 6.45) is 58.5. The molecule has 0 fully saturated rings. The predicted molar refractivity (Wildman–Crippen MR) is 247 cm³/mol. The van der Waals surface area contributed by atoms with E-state index in [2.05, 4.69) is 69.4 Å². The lowest BCUT2D eigenvalue weighted by Gasteiger charge is -2.18. The maximum Gasteiger partial charge on any atom is 0.306 e. The minimum atomic E-state index is -0.809. The number of ether oxygens (including phenoxy) is 3. The molecule has 0 aliphatic heterocycles. The summed E-state index contributed by atoms with van der Waals surface area (Å²) in [5.41, 5.74) is 0. The summed E-state index contributed by atoms with van der Waals surface area (Å²) in [7, 11) is 0. The van der Waals surface area contributed by atoms with Crippen LogP contribution in [0.1, 0.15) is 207 Å². The molecule has 58 heavy (non-hydrogen) atoms. The molecule has 0 aromatic rings. The third-order valence-corrected chi connectivity index (χ3v) is 9.73. The van der Waals surface area contributed by atoms with Gasteiger partial charge in [-0.15, -0.1) is 0 Å². The van der Waals surface area contributed by atoms with E-state index in [1.54, 1.807) is 0 Å². The number of hydrogen-bond acceptors (Lipinski definition) is 6. The summed E-state index contributed by atoms with van der Waals surface area (Å²) in [5.74, 6) is -0.989. The molecule has 0 saturated carbocycles. The van der Waals surface area contributed by atoms with Crippen molar-refractivity contribution in [3.63, 3.8) is 0 Å². The molecule has 0 aromatic carbocycles. The van der Waals surface area contributed by atoms with Gasteiger partial charge in [0.1, 0.15) is 13.2 Å². The van der Waals surface area contributed by atoms with Gasteiger partial charge in [-0.2, -0.15) is 0 Å². The fourth-order valence-electron chi connectivity index (χ4n) is 6.13. The summed E-state index contributed by atoms with van der Waals surface area (Å²) < 4.78 is 16.7. The molecule has 6 nitrogen and oxygen atoms in total. The molecule has 0 aromatic heterocycles. The van der Waals surface area contributed by atoms with Crippen molar-refractivity contribution in [2.75, 3.05) is 13.2 Å². The fraction of sp³-hybridized carbons (Fsp3) is 0.673. The van der Waals surface area contributed by atoms with Crippen LogP contribution in [0.4, 0.5) is 0 Å². The van der Waals surface area contributed by atoms with E-state index in [-0.39, 0.29) is 37.5 Å². The second-order valence-corrected chi connectivity index (χ2v) is 15.4. The fourth-order valence-corrected chi connectivity index (χ4v) is 6.13. The lowest BCUT2D eigenvalue weighted by atomic mass is 10.1. The standard InChI is InChI=1S/C52H86O6/c1-4-7-10-13-16-19-22-24-25-26-28-30-33-36-39-42-45-51(54)57-48-49(47-56-50(53)44-41-38-35-32-29-21-18-15-12-9-6-3)58-52(55)46-43-40-37-34-31-27-23-20-17-14-11-8-5-2/h8,11,14-15,17-18,20-21,23,25-27,29,31,49H,4-7,9-10,12-13,16,19,22,24,28,30,32-48H2,1-3H3/b11-8-,17-14-,18-15-,23-20-,26-25-,29-21-,31-27-. The molecular formula is C52H86O6. The molecule has 0 aliphatic carbocycles. The molecule has 0 rings (SSSR count). The molecule has 0 bridgehead atoms. The third-order valence-electron chi connectivity index (χ3n) is 9.73. The lowest BCUT2D eigenvalue weighted by Crippen LogP contribution is -2.30. The molecule has 0 aliphatic rings. The topological polar surface area (TPSA) is 78.9 Å². The first-order chi connectivity index (χ1) is 28.5. The minimum Gasteiger partial charge on any atom is -0.462 e. The number of esters is 3. The first-order valence-electron chi connectivity index (χ1n) is 23.7. The Kier molecular flexibility index (Phi) is 43.6. The number of hydrogen-bond donors (Lipinski definition) is 0. The molecule has 330 valence electrons. The van der Waals surface area contributed by atoms with E-state index in [0.717, 1.165) is 89.9 Å². The van der Waals surface area contributed by atoms with Crippen LogP contribution in [0.5, 0.6) is 0 Å². The van der Waals surface area contributed by atoms with Crippen LogP contribution in [-0.4, -0.2) is 37.2 Å². The molecule has 1 unspecified atom stereocenters. The highest BCUT2D eigenvalue weighted by molar-refractivity contribution is 5.71. The van der Waals surface area contributed by atoms with Gasteiger partial charge in [0.2, 0.25) is 0 Å². The Morgan fingerprint density at radius 2 is 0.707 bits per heavy atom. The van der Waals surface area contributed by atoms with Crippen molar-refractivity contribution >= 4 is 17.9 Å². The van der Waals surface area contributed by atoms with Crippen LogP contribution in [0, 0.1) is 0 Å². The summed E-state index contributed by atoms with van der Waals surface area (Å²) in [6, 6.07) is 0. The molecule has 1 atom stereocenters. The van der Waals surface area contributed by atoms with E-state index in [9.17, 15) is 14.4 Å². The first kappa shape index (κ1) is 54.6. The van der Waals surface area contributed by atoms with Crippen LogP contribution >= 0.6 is 0 Å². The smallest absolute Gasteiger partial charge is 0.306 e. The quantitative estimate of drug-likeness (QED) is 0.0201. The molecule has 0 amide bonds. The van der Waals surface area contributed by atoms with Crippen molar-refractivity contribution in [3.05, 3.63) is 85.1 Å². The van der Waals surface area contributed by atoms with Crippen molar-refractivity contribution in [1.29, 1.82) is 0 Å². The van der Waals surface area contributed by atoms with E-state index in [4.69, 9.17) is 14.2 Å². The second kappa shape index (κ2) is 46.3. The molecular weight excluding hydrogens is 721 g/mol. The predicted octanol–water partition coefficient (Wildman–Crippen LogP) is 15.3. The highest BCUT2D eigenvalue weighted by atomic mass is 16.6. The zero-order valence-corrected chi connectivity index (χ0v) is 37.5. The molecule has 0 spiro atoms. The Labute approximate surface area is 356 Å². The average molecular weight is 807 g/mol. The summed E-state index contributed by atoms with van der Waals surface area (Å²) in [4.78, 5) is 37.8. The van der Waals surface area contributed by atoms with Crippen LogP contribution in [0.2, 0.25) is 0 Å². The number of rotatable bonds is 41. The number of carbonyl (C=O) groups is 3. The van der Waals surface area contributed by atoms with Gasteiger partial charge < -0.3 is 14.2 Å². The van der Waals surface area contributed by atoms with Crippen molar-refractivity contribution in [2.24, 2.45) is 0 Å². The lowest BCUT2D eigenvalue weighted by molar-refractivity contribution is -0.167. The van der Waals surface area contributed by atoms with Gasteiger partial charge in [0.15, 0.2) is 6.10 Å². The van der Waals surface area contributed by atoms with Crippen molar-refractivity contribution < 1.29 is 28.6 Å². The Morgan fingerprint density at radius 3 is 1.19 bits per heavy atom. The van der Waals surface area contributed by atoms with Gasteiger partial charge in [-0.1, -0.05) is 189 Å². The Balaban J connectivity index is 4.48. The average Bonchev–Trinajstić information content (AvgIpc) is 3.22. The zero-order valence-electron chi connectivity index (χ0n) is 37.5. The minimum absolute atomic E-state index is 0.106. The SMILES string of the molecule is CC\C=C/C=C\C=C/C=C\CCCCCC(=O)OC(COC(=O)CCCCC/C=C\C=C/CCCC)COC(=O)CCCCCCC/C=C\CCCCCCCCC. The van der Waals surface area contributed by atoms with Crippen molar-refractivity contribution in [1.82, 2.24) is 0 Å². The summed E-state index contributed by atoms with van der Waals surface area (Å²) in [6.45, 7) is 6.36. The van der Waals surface area contributed by atoms with Gasteiger partial charge in [0.05, 0.1) is 0 Å². The first-order valence-corrected chi connectivity index (χ1v) is 23.7. The van der Waals surface area contributed by atoms with Crippen LogP contribution < -0.4 is 0 Å². The van der Waals surface area contributed by atoms with E-state index in [0.29, 0.717) is 19.3 Å². The third kappa shape index (κ3) is 43.7. The van der Waals surface area contributed by atoms with E-state index in [1.165, 1.54) is 70.6 Å². The van der Waals surface area contributed by atoms with Crippen molar-refractivity contribution in [2.45, 2.75) is 213 Å². The van der Waals surface area contributed by atoms with Crippen LogP contribution in [0.25, 0.3) is 0 Å². The van der Waals surface area contributed by atoms with Gasteiger partial charge in [0.25, 0.3) is 0 Å². The number of allylic oxidation sites excluding steroid dienone is 14. The Morgan fingerprint density at radius 1 is 0.362 bits per heavy atom. The summed E-state index contributed by atoms with van der Waals surface area (Å²) >= 11 is 0. The highest BCUT2D eigenvalue weighted by Gasteiger charge is 2.19. The van der Waals surface area contributed by atoms with Crippen molar-refractivity contribution in [3.8, 4) is 0 Å².